The number of nitrogen functional groups attached to an aromatic ring is 1. The van der Waals surface area contributed by atoms with Crippen LogP contribution in [0.15, 0.2) is 36.5 Å². The van der Waals surface area contributed by atoms with Crippen molar-refractivity contribution >= 4 is 5.84 Å². The maximum absolute atomic E-state index is 7.49. The molecular weight excluding hydrogens is 226 g/mol. The standard InChI is InChI=1S/C14H15N3O/c1-9-5-6-12(10(2)8-9)18-14-11(13(15)16)4-3-7-17-14/h3-8H,1-2H3,(H3,15,16). The lowest BCUT2D eigenvalue weighted by atomic mass is 10.1. The number of aryl methyl sites for hydroxylation is 2. The molecule has 0 saturated carbocycles. The fourth-order valence-electron chi connectivity index (χ4n) is 1.70. The van der Waals surface area contributed by atoms with Gasteiger partial charge in [-0.3, -0.25) is 5.41 Å². The number of amidine groups is 1. The third-order valence-corrected chi connectivity index (χ3v) is 2.60. The first kappa shape index (κ1) is 12.1. The average molecular weight is 241 g/mol. The third kappa shape index (κ3) is 2.48. The number of aromatic nitrogens is 1. The van der Waals surface area contributed by atoms with Gasteiger partial charge < -0.3 is 10.5 Å². The second kappa shape index (κ2) is 4.87. The van der Waals surface area contributed by atoms with E-state index in [2.05, 4.69) is 4.98 Å². The molecule has 1 aromatic carbocycles. The van der Waals surface area contributed by atoms with Crippen LogP contribution in [0.2, 0.25) is 0 Å². The fraction of sp³-hybridized carbons (Fsp3) is 0.143. The van der Waals surface area contributed by atoms with Gasteiger partial charge in [0.2, 0.25) is 5.88 Å². The molecular formula is C14H15N3O. The van der Waals surface area contributed by atoms with E-state index in [1.807, 2.05) is 32.0 Å². The van der Waals surface area contributed by atoms with Gasteiger partial charge in [-0.1, -0.05) is 17.7 Å². The van der Waals surface area contributed by atoms with Gasteiger partial charge in [-0.15, -0.1) is 0 Å². The van der Waals surface area contributed by atoms with E-state index in [9.17, 15) is 0 Å². The number of rotatable bonds is 3. The molecule has 0 aliphatic heterocycles. The van der Waals surface area contributed by atoms with Crippen molar-refractivity contribution in [2.45, 2.75) is 13.8 Å². The molecule has 0 unspecified atom stereocenters. The molecule has 92 valence electrons. The summed E-state index contributed by atoms with van der Waals surface area (Å²) in [5.41, 5.74) is 8.19. The van der Waals surface area contributed by atoms with Crippen molar-refractivity contribution in [2.75, 3.05) is 0 Å². The van der Waals surface area contributed by atoms with E-state index in [0.29, 0.717) is 11.4 Å². The smallest absolute Gasteiger partial charge is 0.230 e. The summed E-state index contributed by atoms with van der Waals surface area (Å²) in [6.45, 7) is 4.00. The van der Waals surface area contributed by atoms with Crippen LogP contribution in [0, 0.1) is 19.3 Å². The molecule has 0 amide bonds. The second-order valence-corrected chi connectivity index (χ2v) is 4.14. The van der Waals surface area contributed by atoms with Crippen molar-refractivity contribution in [1.29, 1.82) is 5.41 Å². The van der Waals surface area contributed by atoms with Crippen LogP contribution in [-0.4, -0.2) is 10.8 Å². The Kier molecular flexibility index (Phi) is 3.28. The van der Waals surface area contributed by atoms with E-state index in [4.69, 9.17) is 15.9 Å². The predicted octanol–water partition coefficient (Wildman–Crippen LogP) is 2.77. The molecule has 0 bridgehead atoms. The first-order valence-corrected chi connectivity index (χ1v) is 5.62. The maximum atomic E-state index is 7.49. The lowest BCUT2D eigenvalue weighted by molar-refractivity contribution is 0.458. The summed E-state index contributed by atoms with van der Waals surface area (Å²) in [5.74, 6) is 1.03. The maximum Gasteiger partial charge on any atom is 0.230 e. The van der Waals surface area contributed by atoms with Crippen molar-refractivity contribution in [1.82, 2.24) is 4.98 Å². The van der Waals surface area contributed by atoms with Crippen molar-refractivity contribution in [3.8, 4) is 11.6 Å². The highest BCUT2D eigenvalue weighted by Gasteiger charge is 2.09. The molecule has 0 aliphatic carbocycles. The highest BCUT2D eigenvalue weighted by atomic mass is 16.5. The minimum absolute atomic E-state index is 0.0529. The predicted molar refractivity (Wildman–Crippen MR) is 71.2 cm³/mol. The topological polar surface area (TPSA) is 72.0 Å². The summed E-state index contributed by atoms with van der Waals surface area (Å²) in [6, 6.07) is 9.34. The number of pyridine rings is 1. The van der Waals surface area contributed by atoms with E-state index < -0.39 is 0 Å². The van der Waals surface area contributed by atoms with Crippen LogP contribution in [0.1, 0.15) is 16.7 Å². The van der Waals surface area contributed by atoms with Gasteiger partial charge in [-0.25, -0.2) is 4.98 Å². The van der Waals surface area contributed by atoms with Crippen LogP contribution < -0.4 is 10.5 Å². The Morgan fingerprint density at radius 2 is 2.06 bits per heavy atom. The van der Waals surface area contributed by atoms with Gasteiger partial charge >= 0.3 is 0 Å². The molecule has 4 nitrogen and oxygen atoms in total. The van der Waals surface area contributed by atoms with Crippen LogP contribution >= 0.6 is 0 Å². The summed E-state index contributed by atoms with van der Waals surface area (Å²) >= 11 is 0. The number of hydrogen-bond acceptors (Lipinski definition) is 3. The van der Waals surface area contributed by atoms with E-state index in [1.165, 1.54) is 5.56 Å². The Balaban J connectivity index is 2.37. The van der Waals surface area contributed by atoms with Crippen LogP contribution in [0.3, 0.4) is 0 Å². The van der Waals surface area contributed by atoms with Crippen molar-refractivity contribution < 1.29 is 4.74 Å². The quantitative estimate of drug-likeness (QED) is 0.641. The van der Waals surface area contributed by atoms with E-state index >= 15 is 0 Å². The van der Waals surface area contributed by atoms with E-state index in [-0.39, 0.29) is 5.84 Å². The zero-order valence-electron chi connectivity index (χ0n) is 10.4. The normalized spacial score (nSPS) is 10.1. The van der Waals surface area contributed by atoms with Gasteiger partial charge in [0.25, 0.3) is 0 Å². The SMILES string of the molecule is Cc1ccc(Oc2ncccc2C(=N)N)c(C)c1. The molecule has 0 atom stereocenters. The van der Waals surface area contributed by atoms with Crippen molar-refractivity contribution in [2.24, 2.45) is 5.73 Å². The van der Waals surface area contributed by atoms with Crippen LogP contribution in [-0.2, 0) is 0 Å². The van der Waals surface area contributed by atoms with E-state index in [1.54, 1.807) is 18.3 Å². The van der Waals surface area contributed by atoms with E-state index in [0.717, 1.165) is 11.3 Å². The van der Waals surface area contributed by atoms with Gasteiger partial charge in [0.15, 0.2) is 0 Å². The average Bonchev–Trinajstić information content (AvgIpc) is 2.33. The summed E-state index contributed by atoms with van der Waals surface area (Å²) in [5, 5.41) is 7.49. The Labute approximate surface area is 106 Å². The van der Waals surface area contributed by atoms with Crippen molar-refractivity contribution in [3.63, 3.8) is 0 Å². The monoisotopic (exact) mass is 241 g/mol. The van der Waals surface area contributed by atoms with Crippen molar-refractivity contribution in [3.05, 3.63) is 53.2 Å². The lowest BCUT2D eigenvalue weighted by Crippen LogP contribution is -2.13. The van der Waals surface area contributed by atoms with Gasteiger partial charge in [0.1, 0.15) is 11.6 Å². The number of nitrogens with one attached hydrogen (secondary N) is 1. The molecule has 2 rings (SSSR count). The highest BCUT2D eigenvalue weighted by molar-refractivity contribution is 5.97. The molecule has 0 spiro atoms. The number of ether oxygens (including phenoxy) is 1. The molecule has 3 N–H and O–H groups in total. The Morgan fingerprint density at radius 3 is 2.72 bits per heavy atom. The zero-order valence-corrected chi connectivity index (χ0v) is 10.4. The minimum atomic E-state index is -0.0529. The Morgan fingerprint density at radius 1 is 1.28 bits per heavy atom. The molecule has 2 aromatic rings. The lowest BCUT2D eigenvalue weighted by Gasteiger charge is -2.11. The molecule has 18 heavy (non-hydrogen) atoms. The molecule has 0 radical (unpaired) electrons. The number of benzene rings is 1. The van der Waals surface area contributed by atoms with Crippen LogP contribution in [0.4, 0.5) is 0 Å². The fourth-order valence-corrected chi connectivity index (χ4v) is 1.70. The Bertz CT molecular complexity index is 593. The molecule has 1 aromatic heterocycles. The summed E-state index contributed by atoms with van der Waals surface area (Å²) in [6.07, 6.45) is 1.62. The first-order valence-electron chi connectivity index (χ1n) is 5.62. The molecule has 4 heteroatoms. The molecule has 0 saturated heterocycles. The second-order valence-electron chi connectivity index (χ2n) is 4.14. The number of nitrogens with zero attached hydrogens (tertiary/aromatic N) is 1. The largest absolute Gasteiger partial charge is 0.438 e. The Hall–Kier alpha value is -2.36. The minimum Gasteiger partial charge on any atom is -0.438 e. The summed E-state index contributed by atoms with van der Waals surface area (Å²) in [7, 11) is 0. The van der Waals surface area contributed by atoms with Gasteiger partial charge in [-0.2, -0.15) is 0 Å². The molecule has 0 aliphatic rings. The van der Waals surface area contributed by atoms with Gasteiger partial charge in [-0.05, 0) is 37.6 Å². The zero-order chi connectivity index (χ0) is 13.1. The van der Waals surface area contributed by atoms with Gasteiger partial charge in [0.05, 0.1) is 5.56 Å². The molecule has 1 heterocycles. The summed E-state index contributed by atoms with van der Waals surface area (Å²) in [4.78, 5) is 4.12. The van der Waals surface area contributed by atoms with Crippen LogP contribution in [0.5, 0.6) is 11.6 Å². The number of hydrogen-bond donors (Lipinski definition) is 2. The third-order valence-electron chi connectivity index (χ3n) is 2.60. The van der Waals surface area contributed by atoms with Gasteiger partial charge in [0, 0.05) is 6.20 Å². The molecule has 0 fully saturated rings. The first-order chi connectivity index (χ1) is 8.58. The summed E-state index contributed by atoms with van der Waals surface area (Å²) < 4.78 is 5.72. The number of nitrogens with two attached hydrogens (primary N) is 1. The van der Waals surface area contributed by atoms with Crippen LogP contribution in [0.25, 0.3) is 0 Å². The highest BCUT2D eigenvalue weighted by Crippen LogP contribution is 2.26.